The predicted octanol–water partition coefficient (Wildman–Crippen LogP) is 3.55. The minimum atomic E-state index is -0.550. The normalized spacial score (nSPS) is 35.4. The van der Waals surface area contributed by atoms with Gasteiger partial charge in [-0.15, -0.1) is 0 Å². The smallest absolute Gasteiger partial charge is 0.329 e. The highest BCUT2D eigenvalue weighted by Crippen LogP contribution is 2.60. The molecule has 1 aliphatic heterocycles. The summed E-state index contributed by atoms with van der Waals surface area (Å²) in [4.78, 5) is 33.6. The van der Waals surface area contributed by atoms with Crippen molar-refractivity contribution in [3.8, 4) is 0 Å². The maximum atomic E-state index is 12.9. The summed E-state index contributed by atoms with van der Waals surface area (Å²) in [6.07, 6.45) is 11.9. The summed E-state index contributed by atoms with van der Waals surface area (Å²) in [5, 5.41) is 2.80. The molecule has 1 atom stereocenters. The zero-order valence-electron chi connectivity index (χ0n) is 16.4. The molecule has 29 heavy (non-hydrogen) atoms. The quantitative estimate of drug-likeness (QED) is 0.784. The Balaban J connectivity index is 1.23. The Morgan fingerprint density at radius 1 is 1.00 bits per heavy atom. The summed E-state index contributed by atoms with van der Waals surface area (Å²) < 4.78 is 0. The Morgan fingerprint density at radius 2 is 1.66 bits per heavy atom. The van der Waals surface area contributed by atoms with E-state index in [-0.39, 0.29) is 11.9 Å². The molecular weight excluding hydrogens is 364 g/mol. The number of carbonyl (C=O) groups excluding carboxylic acids is 2. The molecule has 2 aromatic rings. The van der Waals surface area contributed by atoms with Gasteiger partial charge in [0.15, 0.2) is 0 Å². The second-order valence-corrected chi connectivity index (χ2v) is 9.70. The third-order valence-electron chi connectivity index (χ3n) is 7.77. The molecule has 4 saturated carbocycles. The molecule has 7 rings (SSSR count). The average molecular weight is 390 g/mol. The number of imidazole rings is 1. The van der Waals surface area contributed by atoms with Crippen LogP contribution in [0.2, 0.25) is 0 Å². The van der Waals surface area contributed by atoms with E-state index in [4.69, 9.17) is 0 Å². The van der Waals surface area contributed by atoms with Crippen LogP contribution < -0.4 is 10.2 Å². The van der Waals surface area contributed by atoms with Gasteiger partial charge in [-0.05, 0) is 79.4 Å². The summed E-state index contributed by atoms with van der Waals surface area (Å²) in [5.41, 5.74) is 3.23. The Bertz CT molecular complexity index is 914. The van der Waals surface area contributed by atoms with Gasteiger partial charge in [-0.3, -0.25) is 4.79 Å². The second-order valence-electron chi connectivity index (χ2n) is 9.70. The van der Waals surface area contributed by atoms with Crippen molar-refractivity contribution < 1.29 is 9.59 Å². The van der Waals surface area contributed by atoms with Crippen molar-refractivity contribution in [3.63, 3.8) is 0 Å². The molecule has 1 aromatic carbocycles. The number of nitrogens with one attached hydrogen (secondary N) is 2. The number of imide groups is 1. The fraction of sp³-hybridized carbons (Fsp3) is 0.522. The molecule has 6 heteroatoms. The van der Waals surface area contributed by atoms with Crippen molar-refractivity contribution in [2.24, 2.45) is 17.8 Å². The number of aromatic nitrogens is 2. The van der Waals surface area contributed by atoms with Gasteiger partial charge in [0.2, 0.25) is 0 Å². The summed E-state index contributed by atoms with van der Waals surface area (Å²) in [5.74, 6) is 2.49. The highest BCUT2D eigenvalue weighted by molar-refractivity contribution is 6.21. The molecule has 0 unspecified atom stereocenters. The molecule has 0 radical (unpaired) electrons. The minimum Gasteiger partial charge on any atom is -0.348 e. The molecule has 150 valence electrons. The Kier molecular flexibility index (Phi) is 3.68. The van der Waals surface area contributed by atoms with E-state index in [1.807, 2.05) is 12.1 Å². The summed E-state index contributed by atoms with van der Waals surface area (Å²) in [6.45, 7) is 0. The topological polar surface area (TPSA) is 78.1 Å². The highest BCUT2D eigenvalue weighted by atomic mass is 16.2. The molecule has 4 bridgehead atoms. The lowest BCUT2D eigenvalue weighted by Gasteiger charge is -2.57. The summed E-state index contributed by atoms with van der Waals surface area (Å²) >= 11 is 0. The zero-order chi connectivity index (χ0) is 19.6. The van der Waals surface area contributed by atoms with Gasteiger partial charge in [0, 0.05) is 18.3 Å². The van der Waals surface area contributed by atoms with Crippen LogP contribution in [0.3, 0.4) is 0 Å². The third kappa shape index (κ3) is 2.72. The molecular formula is C23H26N4O2. The third-order valence-corrected chi connectivity index (χ3v) is 7.77. The molecule has 4 aliphatic carbocycles. The fourth-order valence-corrected chi connectivity index (χ4v) is 6.96. The Labute approximate surface area is 170 Å². The number of aromatic amines is 1. The number of urea groups is 1. The van der Waals surface area contributed by atoms with E-state index in [1.54, 1.807) is 12.5 Å². The average Bonchev–Trinajstić information content (AvgIpc) is 3.29. The molecule has 2 heterocycles. The van der Waals surface area contributed by atoms with Crippen molar-refractivity contribution in [2.45, 2.75) is 56.4 Å². The number of benzene rings is 1. The van der Waals surface area contributed by atoms with E-state index in [9.17, 15) is 9.59 Å². The van der Waals surface area contributed by atoms with Crippen LogP contribution in [0.4, 0.5) is 10.5 Å². The van der Waals surface area contributed by atoms with E-state index in [0.717, 1.165) is 23.4 Å². The lowest BCUT2D eigenvalue weighted by atomic mass is 9.48. The van der Waals surface area contributed by atoms with Gasteiger partial charge in [0.05, 0.1) is 12.0 Å². The summed E-state index contributed by atoms with van der Waals surface area (Å²) in [6, 6.07) is 7.37. The standard InChI is InChI=1S/C23H26N4O2/c28-21-20(8-18-12-24-13-25-18)26-22(29)27(21)19-3-1-17(2-4-19)23-9-14-5-15(10-23)7-16(6-14)11-23/h1-4,12-16,20H,5-11H2,(H,24,25)(H,26,29)/t14?,15?,16?,20-,23?/m0/s1. The molecule has 1 saturated heterocycles. The van der Waals surface area contributed by atoms with E-state index in [1.165, 1.54) is 49.0 Å². The number of rotatable bonds is 4. The van der Waals surface area contributed by atoms with Gasteiger partial charge in [-0.25, -0.2) is 14.7 Å². The largest absolute Gasteiger partial charge is 0.348 e. The molecule has 3 amide bonds. The highest BCUT2D eigenvalue weighted by Gasteiger charge is 2.51. The number of nitrogens with zero attached hydrogens (tertiary/aromatic N) is 2. The first kappa shape index (κ1) is 17.2. The monoisotopic (exact) mass is 390 g/mol. The lowest BCUT2D eigenvalue weighted by Crippen LogP contribution is -2.48. The number of H-pyrrole nitrogens is 1. The number of carbonyl (C=O) groups is 2. The van der Waals surface area contributed by atoms with E-state index in [0.29, 0.717) is 17.5 Å². The number of amides is 3. The molecule has 2 N–H and O–H groups in total. The van der Waals surface area contributed by atoms with Crippen LogP contribution in [-0.2, 0) is 16.6 Å². The second kappa shape index (κ2) is 6.18. The Morgan fingerprint density at radius 3 is 2.24 bits per heavy atom. The number of anilines is 1. The van der Waals surface area contributed by atoms with Crippen LogP contribution in [0.15, 0.2) is 36.8 Å². The van der Waals surface area contributed by atoms with Crippen LogP contribution >= 0.6 is 0 Å². The van der Waals surface area contributed by atoms with Crippen molar-refractivity contribution in [1.82, 2.24) is 15.3 Å². The van der Waals surface area contributed by atoms with Crippen LogP contribution in [0.5, 0.6) is 0 Å². The van der Waals surface area contributed by atoms with Crippen LogP contribution in [0.1, 0.15) is 49.8 Å². The maximum Gasteiger partial charge on any atom is 0.329 e. The first-order valence-electron chi connectivity index (χ1n) is 10.8. The number of hydrogen-bond acceptors (Lipinski definition) is 3. The first-order valence-corrected chi connectivity index (χ1v) is 10.8. The van der Waals surface area contributed by atoms with E-state index in [2.05, 4.69) is 27.4 Å². The van der Waals surface area contributed by atoms with Gasteiger partial charge in [0.1, 0.15) is 6.04 Å². The van der Waals surface area contributed by atoms with Crippen LogP contribution in [0, 0.1) is 17.8 Å². The molecule has 5 fully saturated rings. The fourth-order valence-electron chi connectivity index (χ4n) is 6.96. The number of hydrogen-bond donors (Lipinski definition) is 2. The molecule has 6 nitrogen and oxygen atoms in total. The van der Waals surface area contributed by atoms with Crippen LogP contribution in [0.25, 0.3) is 0 Å². The molecule has 0 spiro atoms. The first-order chi connectivity index (χ1) is 14.1. The van der Waals surface area contributed by atoms with Gasteiger partial charge in [-0.2, -0.15) is 0 Å². The van der Waals surface area contributed by atoms with Crippen molar-refractivity contribution in [2.75, 3.05) is 4.90 Å². The van der Waals surface area contributed by atoms with Gasteiger partial charge in [0.25, 0.3) is 5.91 Å². The van der Waals surface area contributed by atoms with Gasteiger partial charge < -0.3 is 10.3 Å². The van der Waals surface area contributed by atoms with Crippen molar-refractivity contribution in [1.29, 1.82) is 0 Å². The Hall–Kier alpha value is -2.63. The minimum absolute atomic E-state index is 0.202. The molecule has 5 aliphatic rings. The molecule has 1 aromatic heterocycles. The van der Waals surface area contributed by atoms with Crippen LogP contribution in [-0.4, -0.2) is 27.9 Å². The summed E-state index contributed by atoms with van der Waals surface area (Å²) in [7, 11) is 0. The van der Waals surface area contributed by atoms with Gasteiger partial charge in [-0.1, -0.05) is 12.1 Å². The lowest BCUT2D eigenvalue weighted by molar-refractivity contribution is -0.118. The van der Waals surface area contributed by atoms with Crippen molar-refractivity contribution in [3.05, 3.63) is 48.0 Å². The zero-order valence-corrected chi connectivity index (χ0v) is 16.4. The van der Waals surface area contributed by atoms with E-state index < -0.39 is 6.04 Å². The predicted molar refractivity (Wildman–Crippen MR) is 108 cm³/mol. The maximum absolute atomic E-state index is 12.9. The van der Waals surface area contributed by atoms with E-state index >= 15 is 0 Å². The van der Waals surface area contributed by atoms with Crippen molar-refractivity contribution >= 4 is 17.6 Å². The van der Waals surface area contributed by atoms with Gasteiger partial charge >= 0.3 is 6.03 Å². The SMILES string of the molecule is O=C1N[C@@H](Cc2cnc[nH]2)C(=O)N1c1ccc(C23CC4CC(CC(C4)C2)C3)cc1.